The van der Waals surface area contributed by atoms with Gasteiger partial charge in [-0.25, -0.2) is 0 Å². The molecular weight excluding hydrogens is 226 g/mol. The quantitative estimate of drug-likeness (QED) is 0.574. The van der Waals surface area contributed by atoms with Gasteiger partial charge in [-0.2, -0.15) is 0 Å². The third-order valence-electron chi connectivity index (χ3n) is 1.96. The summed E-state index contributed by atoms with van der Waals surface area (Å²) in [6.45, 7) is 0.236. The van der Waals surface area contributed by atoms with Crippen LogP contribution >= 0.6 is 0 Å². The van der Waals surface area contributed by atoms with E-state index >= 15 is 0 Å². The summed E-state index contributed by atoms with van der Waals surface area (Å²) in [5.41, 5.74) is 6.24. The van der Waals surface area contributed by atoms with Gasteiger partial charge in [-0.3, -0.25) is 0 Å². The Bertz CT molecular complexity index is 356. The molecule has 0 aliphatic carbocycles. The number of anilines is 1. The van der Waals surface area contributed by atoms with Crippen molar-refractivity contribution in [2.24, 2.45) is 0 Å². The van der Waals surface area contributed by atoms with Crippen LogP contribution in [-0.2, 0) is 9.47 Å². The van der Waals surface area contributed by atoms with E-state index in [2.05, 4.69) is 0 Å². The first-order chi connectivity index (χ1) is 8.22. The Kier molecular flexibility index (Phi) is 5.38. The van der Waals surface area contributed by atoms with Crippen LogP contribution in [0.2, 0.25) is 0 Å². The third-order valence-corrected chi connectivity index (χ3v) is 1.96. The summed E-state index contributed by atoms with van der Waals surface area (Å²) in [5.74, 6) is 1.49. The van der Waals surface area contributed by atoms with Gasteiger partial charge in [0.25, 0.3) is 0 Å². The Morgan fingerprint density at radius 2 is 1.47 bits per heavy atom. The molecule has 6 heteroatoms. The molecule has 0 unspecified atom stereocenters. The van der Waals surface area contributed by atoms with E-state index in [4.69, 9.17) is 29.4 Å². The lowest BCUT2D eigenvalue weighted by atomic mass is 10.2. The predicted molar refractivity (Wildman–Crippen MR) is 62.4 cm³/mol. The highest BCUT2D eigenvalue weighted by Crippen LogP contribution is 2.36. The van der Waals surface area contributed by atoms with Crippen molar-refractivity contribution in [3.63, 3.8) is 0 Å². The van der Waals surface area contributed by atoms with E-state index in [9.17, 15) is 0 Å². The van der Waals surface area contributed by atoms with E-state index in [1.807, 2.05) is 0 Å². The Balaban J connectivity index is 2.89. The molecule has 0 aromatic heterocycles. The number of nitrogen functional groups attached to an aromatic ring is 1. The van der Waals surface area contributed by atoms with E-state index in [1.54, 1.807) is 12.1 Å². The van der Waals surface area contributed by atoms with Crippen molar-refractivity contribution in [1.29, 1.82) is 0 Å². The Morgan fingerprint density at radius 3 is 2.00 bits per heavy atom. The molecule has 1 aromatic rings. The average molecular weight is 243 g/mol. The first kappa shape index (κ1) is 13.4. The summed E-state index contributed by atoms with van der Waals surface area (Å²) >= 11 is 0. The minimum absolute atomic E-state index is 0.117. The van der Waals surface area contributed by atoms with Gasteiger partial charge in [0, 0.05) is 26.4 Å². The van der Waals surface area contributed by atoms with E-state index in [0.717, 1.165) is 0 Å². The van der Waals surface area contributed by atoms with Crippen molar-refractivity contribution in [1.82, 2.24) is 0 Å². The topological polar surface area (TPSA) is 72.2 Å². The Morgan fingerprint density at radius 1 is 0.882 bits per heavy atom. The fourth-order valence-electron chi connectivity index (χ4n) is 1.20. The van der Waals surface area contributed by atoms with Crippen LogP contribution in [0.25, 0.3) is 0 Å². The van der Waals surface area contributed by atoms with Gasteiger partial charge in [-0.05, 0) is 0 Å². The molecular formula is C11H17NO5. The molecule has 6 nitrogen and oxygen atoms in total. The predicted octanol–water partition coefficient (Wildman–Crippen LogP) is 1.24. The second kappa shape index (κ2) is 6.82. The Labute approximate surface area is 100 Å². The van der Waals surface area contributed by atoms with Crippen LogP contribution < -0.4 is 19.9 Å². The highest BCUT2D eigenvalue weighted by Gasteiger charge is 2.10. The van der Waals surface area contributed by atoms with Crippen LogP contribution in [0, 0.1) is 0 Å². The smallest absolute Gasteiger partial charge is 0.188 e. The van der Waals surface area contributed by atoms with Crippen molar-refractivity contribution in [3.05, 3.63) is 12.1 Å². The van der Waals surface area contributed by atoms with Crippen molar-refractivity contribution < 1.29 is 23.7 Å². The highest BCUT2D eigenvalue weighted by molar-refractivity contribution is 5.61. The Hall–Kier alpha value is -1.66. The average Bonchev–Trinajstić information content (AvgIpc) is 2.35. The van der Waals surface area contributed by atoms with Gasteiger partial charge in [-0.1, -0.05) is 0 Å². The SMILES string of the molecule is COCOc1cc(OC)c(OCOC)cc1N. The first-order valence-electron chi connectivity index (χ1n) is 4.94. The molecule has 0 radical (unpaired) electrons. The normalized spacial score (nSPS) is 10.1. The molecule has 17 heavy (non-hydrogen) atoms. The van der Waals surface area contributed by atoms with Crippen molar-refractivity contribution in [2.75, 3.05) is 40.6 Å². The summed E-state index contributed by atoms with van der Waals surface area (Å²) < 4.78 is 25.3. The number of hydrogen-bond acceptors (Lipinski definition) is 6. The number of methoxy groups -OCH3 is 3. The van der Waals surface area contributed by atoms with E-state index < -0.39 is 0 Å². The lowest BCUT2D eigenvalue weighted by molar-refractivity contribution is 0.0470. The maximum absolute atomic E-state index is 5.80. The van der Waals surface area contributed by atoms with Crippen molar-refractivity contribution >= 4 is 5.69 Å². The van der Waals surface area contributed by atoms with Crippen LogP contribution in [0.5, 0.6) is 17.2 Å². The lowest BCUT2D eigenvalue weighted by Crippen LogP contribution is -2.05. The van der Waals surface area contributed by atoms with Gasteiger partial charge in [0.15, 0.2) is 25.1 Å². The van der Waals surface area contributed by atoms with Crippen molar-refractivity contribution in [2.45, 2.75) is 0 Å². The van der Waals surface area contributed by atoms with Crippen LogP contribution in [0.1, 0.15) is 0 Å². The fraction of sp³-hybridized carbons (Fsp3) is 0.455. The molecule has 0 fully saturated rings. The number of rotatable bonds is 7. The van der Waals surface area contributed by atoms with Crippen molar-refractivity contribution in [3.8, 4) is 17.2 Å². The summed E-state index contributed by atoms with van der Waals surface area (Å²) in [5, 5.41) is 0. The standard InChI is InChI=1S/C11H17NO5/c1-13-6-16-9-5-10(15-3)11(4-8(9)12)17-7-14-2/h4-5H,6-7,12H2,1-3H3. The molecule has 1 rings (SSSR count). The molecule has 0 saturated heterocycles. The highest BCUT2D eigenvalue weighted by atomic mass is 16.7. The molecule has 0 aliphatic rings. The maximum atomic E-state index is 5.80. The fourth-order valence-corrected chi connectivity index (χ4v) is 1.20. The third kappa shape index (κ3) is 3.69. The molecule has 0 amide bonds. The maximum Gasteiger partial charge on any atom is 0.188 e. The number of ether oxygens (including phenoxy) is 5. The summed E-state index contributed by atoms with van der Waals surface area (Å²) in [6.07, 6.45) is 0. The van der Waals surface area contributed by atoms with Crippen LogP contribution in [0.15, 0.2) is 12.1 Å². The number of hydrogen-bond donors (Lipinski definition) is 1. The number of nitrogens with two attached hydrogens (primary N) is 1. The van der Waals surface area contributed by atoms with E-state index in [0.29, 0.717) is 22.9 Å². The molecule has 0 aliphatic heterocycles. The zero-order chi connectivity index (χ0) is 12.7. The van der Waals surface area contributed by atoms with Crippen LogP contribution in [0.3, 0.4) is 0 Å². The van der Waals surface area contributed by atoms with Gasteiger partial charge >= 0.3 is 0 Å². The molecule has 96 valence electrons. The molecule has 0 atom stereocenters. The van der Waals surface area contributed by atoms with Gasteiger partial charge < -0.3 is 29.4 Å². The molecule has 2 N–H and O–H groups in total. The van der Waals surface area contributed by atoms with Crippen LogP contribution in [-0.4, -0.2) is 34.9 Å². The van der Waals surface area contributed by atoms with Crippen LogP contribution in [0.4, 0.5) is 5.69 Å². The molecule has 0 bridgehead atoms. The molecule has 0 spiro atoms. The summed E-state index contributed by atoms with van der Waals surface area (Å²) in [6, 6.07) is 3.25. The zero-order valence-corrected chi connectivity index (χ0v) is 10.2. The monoisotopic (exact) mass is 243 g/mol. The second-order valence-corrected chi connectivity index (χ2v) is 3.14. The van der Waals surface area contributed by atoms with Gasteiger partial charge in [0.1, 0.15) is 5.75 Å². The zero-order valence-electron chi connectivity index (χ0n) is 10.2. The number of benzene rings is 1. The molecule has 0 saturated carbocycles. The molecule has 1 aromatic carbocycles. The van der Waals surface area contributed by atoms with Gasteiger partial charge in [0.2, 0.25) is 0 Å². The summed E-state index contributed by atoms with van der Waals surface area (Å²) in [4.78, 5) is 0. The van der Waals surface area contributed by atoms with Gasteiger partial charge in [0.05, 0.1) is 12.8 Å². The lowest BCUT2D eigenvalue weighted by Gasteiger charge is -2.14. The minimum Gasteiger partial charge on any atom is -0.493 e. The second-order valence-electron chi connectivity index (χ2n) is 3.14. The summed E-state index contributed by atoms with van der Waals surface area (Å²) in [7, 11) is 4.60. The van der Waals surface area contributed by atoms with E-state index in [-0.39, 0.29) is 13.6 Å². The molecule has 0 heterocycles. The van der Waals surface area contributed by atoms with Gasteiger partial charge in [-0.15, -0.1) is 0 Å². The largest absolute Gasteiger partial charge is 0.493 e. The minimum atomic E-state index is 0.117. The first-order valence-corrected chi connectivity index (χ1v) is 4.94. The van der Waals surface area contributed by atoms with E-state index in [1.165, 1.54) is 21.3 Å².